The van der Waals surface area contributed by atoms with Gasteiger partial charge in [-0.2, -0.15) is 0 Å². The molecule has 1 aliphatic carbocycles. The molecular formula is C14H23ClO3S. The van der Waals surface area contributed by atoms with Gasteiger partial charge < -0.3 is 9.47 Å². The van der Waals surface area contributed by atoms with E-state index in [0.29, 0.717) is 23.5 Å². The summed E-state index contributed by atoms with van der Waals surface area (Å²) < 4.78 is 11.1. The molecule has 0 bridgehead atoms. The molecule has 0 amide bonds. The number of ether oxygens (including phenoxy) is 2. The first-order valence-electron chi connectivity index (χ1n) is 7.09. The highest BCUT2D eigenvalue weighted by Gasteiger charge is 2.37. The Morgan fingerprint density at radius 2 is 2.16 bits per heavy atom. The lowest BCUT2D eigenvalue weighted by Crippen LogP contribution is -2.38. The SMILES string of the molecule is CC(C)[C@@H]1CC[C@@H](C)C[C@H]1OC(=O)C1O[C@@H](Cl)CS1. The molecule has 2 rings (SSSR count). The first kappa shape index (κ1) is 15.5. The lowest BCUT2D eigenvalue weighted by molar-refractivity contribution is -0.163. The predicted octanol–water partition coefficient (Wildman–Crippen LogP) is 3.64. The monoisotopic (exact) mass is 306 g/mol. The summed E-state index contributed by atoms with van der Waals surface area (Å²) in [5, 5.41) is 0. The average Bonchev–Trinajstić information content (AvgIpc) is 2.75. The molecule has 0 aromatic heterocycles. The topological polar surface area (TPSA) is 35.5 Å². The van der Waals surface area contributed by atoms with Crippen molar-refractivity contribution in [1.29, 1.82) is 0 Å². The fraction of sp³-hybridized carbons (Fsp3) is 0.929. The Labute approximate surface area is 124 Å². The number of rotatable bonds is 3. The highest BCUT2D eigenvalue weighted by Crippen LogP contribution is 2.36. The molecule has 5 atom stereocenters. The van der Waals surface area contributed by atoms with Crippen molar-refractivity contribution in [2.75, 3.05) is 5.75 Å². The minimum absolute atomic E-state index is 0.0369. The van der Waals surface area contributed by atoms with Crippen molar-refractivity contribution < 1.29 is 14.3 Å². The number of carbonyl (C=O) groups excluding carboxylic acids is 1. The van der Waals surface area contributed by atoms with Crippen LogP contribution in [0.2, 0.25) is 0 Å². The first-order valence-corrected chi connectivity index (χ1v) is 8.57. The van der Waals surface area contributed by atoms with E-state index in [1.165, 1.54) is 18.2 Å². The van der Waals surface area contributed by atoms with E-state index in [1.54, 1.807) is 0 Å². The molecule has 5 heteroatoms. The van der Waals surface area contributed by atoms with E-state index in [1.807, 2.05) is 0 Å². The van der Waals surface area contributed by atoms with E-state index in [-0.39, 0.29) is 17.6 Å². The number of carbonyl (C=O) groups is 1. The van der Waals surface area contributed by atoms with Crippen molar-refractivity contribution in [3.8, 4) is 0 Å². The van der Waals surface area contributed by atoms with E-state index >= 15 is 0 Å². The van der Waals surface area contributed by atoms with Crippen LogP contribution < -0.4 is 0 Å². The summed E-state index contributed by atoms with van der Waals surface area (Å²) in [7, 11) is 0. The van der Waals surface area contributed by atoms with E-state index < -0.39 is 5.44 Å². The fourth-order valence-electron chi connectivity index (χ4n) is 2.95. The van der Waals surface area contributed by atoms with Gasteiger partial charge in [0.05, 0.1) is 0 Å². The standard InChI is InChI=1S/C14H23ClO3S/c1-8(2)10-5-4-9(3)6-11(10)17-13(16)14-18-12(15)7-19-14/h8-12,14H,4-7H2,1-3H3/t9-,10+,11-,12-,14?/m1/s1. The van der Waals surface area contributed by atoms with Crippen LogP contribution in [0, 0.1) is 17.8 Å². The third-order valence-electron chi connectivity index (χ3n) is 4.07. The second-order valence-electron chi connectivity index (χ2n) is 6.01. The van der Waals surface area contributed by atoms with Crippen LogP contribution in [0.25, 0.3) is 0 Å². The summed E-state index contributed by atoms with van der Waals surface area (Å²) in [5.41, 5.74) is -0.902. The van der Waals surface area contributed by atoms with Crippen molar-refractivity contribution in [2.45, 2.75) is 57.1 Å². The van der Waals surface area contributed by atoms with Crippen molar-refractivity contribution in [2.24, 2.45) is 17.8 Å². The molecule has 2 aliphatic rings. The molecule has 110 valence electrons. The van der Waals surface area contributed by atoms with Gasteiger partial charge in [0.2, 0.25) is 5.44 Å². The maximum atomic E-state index is 12.1. The molecule has 1 heterocycles. The van der Waals surface area contributed by atoms with Crippen LogP contribution in [0.5, 0.6) is 0 Å². The summed E-state index contributed by atoms with van der Waals surface area (Å²) in [6.45, 7) is 6.64. The molecule has 19 heavy (non-hydrogen) atoms. The van der Waals surface area contributed by atoms with E-state index in [9.17, 15) is 4.79 Å². The van der Waals surface area contributed by atoms with Crippen LogP contribution in [0.4, 0.5) is 0 Å². The number of thioether (sulfide) groups is 1. The van der Waals surface area contributed by atoms with Gasteiger partial charge in [0.1, 0.15) is 11.7 Å². The Bertz CT molecular complexity index is 324. The van der Waals surface area contributed by atoms with Crippen LogP contribution in [-0.4, -0.2) is 28.8 Å². The van der Waals surface area contributed by atoms with Gasteiger partial charge in [-0.05, 0) is 30.6 Å². The van der Waals surface area contributed by atoms with Crippen molar-refractivity contribution in [1.82, 2.24) is 0 Å². The Morgan fingerprint density at radius 3 is 2.74 bits per heavy atom. The summed E-state index contributed by atoms with van der Waals surface area (Å²) in [4.78, 5) is 12.1. The van der Waals surface area contributed by atoms with E-state index in [4.69, 9.17) is 21.1 Å². The van der Waals surface area contributed by atoms with Gasteiger partial charge in [0.25, 0.3) is 0 Å². The Hall–Kier alpha value is 0.0700. The minimum atomic E-state index is -0.535. The summed E-state index contributed by atoms with van der Waals surface area (Å²) >= 11 is 7.27. The molecule has 1 saturated heterocycles. The number of halogens is 1. The summed E-state index contributed by atoms with van der Waals surface area (Å²) in [6.07, 6.45) is 3.38. The van der Waals surface area contributed by atoms with Crippen LogP contribution in [-0.2, 0) is 14.3 Å². The fourth-order valence-corrected chi connectivity index (χ4v) is 4.15. The quantitative estimate of drug-likeness (QED) is 0.589. The molecule has 3 nitrogen and oxygen atoms in total. The van der Waals surface area contributed by atoms with Crippen LogP contribution in [0.15, 0.2) is 0 Å². The number of alkyl halides is 1. The Kier molecular flexibility index (Phi) is 5.44. The molecule has 0 aromatic carbocycles. The molecule has 0 radical (unpaired) electrons. The molecule has 0 N–H and O–H groups in total. The van der Waals surface area contributed by atoms with Crippen LogP contribution in [0.3, 0.4) is 0 Å². The highest BCUT2D eigenvalue weighted by atomic mass is 35.5. The summed E-state index contributed by atoms with van der Waals surface area (Å²) in [5.74, 6) is 2.04. The van der Waals surface area contributed by atoms with Crippen molar-refractivity contribution in [3.05, 3.63) is 0 Å². The molecule has 1 unspecified atom stereocenters. The predicted molar refractivity (Wildman–Crippen MR) is 78.2 cm³/mol. The smallest absolute Gasteiger partial charge is 0.346 e. The molecule has 1 saturated carbocycles. The average molecular weight is 307 g/mol. The third kappa shape index (κ3) is 4.02. The second kappa shape index (κ2) is 6.68. The maximum Gasteiger partial charge on any atom is 0.346 e. The van der Waals surface area contributed by atoms with Crippen molar-refractivity contribution in [3.63, 3.8) is 0 Å². The van der Waals surface area contributed by atoms with Gasteiger partial charge in [0, 0.05) is 5.75 Å². The third-order valence-corrected chi connectivity index (χ3v) is 5.61. The lowest BCUT2D eigenvalue weighted by atomic mass is 9.75. The maximum absolute atomic E-state index is 12.1. The molecular weight excluding hydrogens is 284 g/mol. The lowest BCUT2D eigenvalue weighted by Gasteiger charge is -2.37. The van der Waals surface area contributed by atoms with Gasteiger partial charge in [0.15, 0.2) is 0 Å². The minimum Gasteiger partial charge on any atom is -0.459 e. The normalized spacial score (nSPS) is 39.5. The second-order valence-corrected chi connectivity index (χ2v) is 7.59. The molecule has 0 aromatic rings. The number of hydrogen-bond donors (Lipinski definition) is 0. The summed E-state index contributed by atoms with van der Waals surface area (Å²) in [6, 6.07) is 0. The molecule has 2 fully saturated rings. The molecule has 1 aliphatic heterocycles. The van der Waals surface area contributed by atoms with Gasteiger partial charge in [-0.15, -0.1) is 11.8 Å². The zero-order valence-corrected chi connectivity index (χ0v) is 13.4. The number of esters is 1. The Balaban J connectivity index is 1.92. The van der Waals surface area contributed by atoms with Gasteiger partial charge in [-0.3, -0.25) is 0 Å². The van der Waals surface area contributed by atoms with E-state index in [0.717, 1.165) is 12.8 Å². The van der Waals surface area contributed by atoms with E-state index in [2.05, 4.69) is 20.8 Å². The van der Waals surface area contributed by atoms with Crippen LogP contribution >= 0.6 is 23.4 Å². The first-order chi connectivity index (χ1) is 8.97. The van der Waals surface area contributed by atoms with Gasteiger partial charge in [-0.1, -0.05) is 38.8 Å². The van der Waals surface area contributed by atoms with Gasteiger partial charge in [-0.25, -0.2) is 4.79 Å². The zero-order chi connectivity index (χ0) is 14.0. The molecule has 0 spiro atoms. The number of hydrogen-bond acceptors (Lipinski definition) is 4. The van der Waals surface area contributed by atoms with Gasteiger partial charge >= 0.3 is 5.97 Å². The highest BCUT2D eigenvalue weighted by molar-refractivity contribution is 8.00. The zero-order valence-electron chi connectivity index (χ0n) is 11.8. The van der Waals surface area contributed by atoms with Crippen molar-refractivity contribution >= 4 is 29.3 Å². The van der Waals surface area contributed by atoms with Crippen LogP contribution in [0.1, 0.15) is 40.0 Å². The Morgan fingerprint density at radius 1 is 1.42 bits per heavy atom. The largest absolute Gasteiger partial charge is 0.459 e.